The molecule has 10 heteroatoms. The van der Waals surface area contributed by atoms with Crippen LogP contribution in [-0.2, 0) is 32.7 Å². The van der Waals surface area contributed by atoms with Gasteiger partial charge in [0.25, 0.3) is 0 Å². The second-order valence-corrected chi connectivity index (χ2v) is 14.9. The largest absolute Gasteiger partial charge is 0.472 e. The molecule has 0 amide bonds. The average Bonchev–Trinajstić information content (AvgIpc) is 3.14. The van der Waals surface area contributed by atoms with Gasteiger partial charge in [-0.25, -0.2) is 4.57 Å². The van der Waals surface area contributed by atoms with E-state index >= 15 is 0 Å². The van der Waals surface area contributed by atoms with Gasteiger partial charge in [-0.15, -0.1) is 0 Å². The number of esters is 2. The average molecular weight is 766 g/mol. The molecule has 0 saturated heterocycles. The van der Waals surface area contributed by atoms with Gasteiger partial charge in [0.05, 0.1) is 13.2 Å². The predicted molar refractivity (Wildman–Crippen MR) is 219 cm³/mol. The van der Waals surface area contributed by atoms with Gasteiger partial charge in [-0.1, -0.05) is 132 Å². The summed E-state index contributed by atoms with van der Waals surface area (Å²) in [4.78, 5) is 34.8. The number of hydrogen-bond acceptors (Lipinski definition) is 8. The maximum absolute atomic E-state index is 12.6. The number of rotatable bonds is 38. The number of nitrogens with two attached hydrogens (primary N) is 1. The summed E-state index contributed by atoms with van der Waals surface area (Å²) >= 11 is 0. The Morgan fingerprint density at radius 1 is 0.566 bits per heavy atom. The smallest absolute Gasteiger partial charge is 0.462 e. The van der Waals surface area contributed by atoms with E-state index < -0.39 is 32.5 Å². The Hall–Kier alpha value is -2.29. The van der Waals surface area contributed by atoms with Gasteiger partial charge in [-0.05, 0) is 83.5 Å². The van der Waals surface area contributed by atoms with Crippen molar-refractivity contribution < 1.29 is 37.6 Å². The fraction of sp³-hybridized carbons (Fsp3) is 0.721. The summed E-state index contributed by atoms with van der Waals surface area (Å²) in [5.41, 5.74) is 5.34. The Labute approximate surface area is 323 Å². The van der Waals surface area contributed by atoms with E-state index in [2.05, 4.69) is 74.6 Å². The zero-order valence-electron chi connectivity index (χ0n) is 33.5. The maximum atomic E-state index is 12.6. The van der Waals surface area contributed by atoms with Crippen LogP contribution in [0.15, 0.2) is 60.8 Å². The van der Waals surface area contributed by atoms with Gasteiger partial charge in [-0.3, -0.25) is 18.6 Å². The van der Waals surface area contributed by atoms with Crippen LogP contribution in [0.25, 0.3) is 0 Å². The fourth-order valence-electron chi connectivity index (χ4n) is 5.26. The van der Waals surface area contributed by atoms with E-state index in [1.54, 1.807) is 0 Å². The first-order valence-corrected chi connectivity index (χ1v) is 22.3. The molecule has 9 nitrogen and oxygen atoms in total. The van der Waals surface area contributed by atoms with Crippen LogP contribution in [0.2, 0.25) is 0 Å². The van der Waals surface area contributed by atoms with Gasteiger partial charge in [0, 0.05) is 19.4 Å². The minimum absolute atomic E-state index is 0.0443. The summed E-state index contributed by atoms with van der Waals surface area (Å²) in [6.45, 7) is 3.61. The summed E-state index contributed by atoms with van der Waals surface area (Å²) in [5.74, 6) is -0.887. The van der Waals surface area contributed by atoms with Crippen molar-refractivity contribution in [2.45, 2.75) is 174 Å². The number of hydrogen-bond donors (Lipinski definition) is 2. The van der Waals surface area contributed by atoms with Crippen LogP contribution in [0, 0.1) is 0 Å². The number of phosphoric acid groups is 1. The van der Waals surface area contributed by atoms with E-state index in [-0.39, 0.29) is 32.6 Å². The third kappa shape index (κ3) is 39.2. The molecule has 0 saturated carbocycles. The van der Waals surface area contributed by atoms with Crippen LogP contribution in [0.1, 0.15) is 168 Å². The van der Waals surface area contributed by atoms with Crippen molar-refractivity contribution >= 4 is 19.8 Å². The molecular weight excluding hydrogens is 689 g/mol. The number of allylic oxidation sites excluding steroid dienone is 10. The molecule has 2 unspecified atom stereocenters. The number of carbonyl (C=O) groups excluding carboxylic acids is 2. The summed E-state index contributed by atoms with van der Waals surface area (Å²) in [6, 6.07) is 0. The van der Waals surface area contributed by atoms with E-state index in [0.29, 0.717) is 12.8 Å². The lowest BCUT2D eigenvalue weighted by Crippen LogP contribution is -2.29. The van der Waals surface area contributed by atoms with Crippen molar-refractivity contribution in [3.05, 3.63) is 60.8 Å². The SMILES string of the molecule is CCCCCC=CCC=CCC=CCCCCC(=O)OCC(COP(=O)(O)OCCN)OC(=O)CCCCCCCCCC=CCC=CCCCCC. The van der Waals surface area contributed by atoms with E-state index in [0.717, 1.165) is 64.2 Å². The predicted octanol–water partition coefficient (Wildman–Crippen LogP) is 11.7. The maximum Gasteiger partial charge on any atom is 0.472 e. The standard InChI is InChI=1S/C43H76NO8P/c1-3-5-7-9-11-13-15-17-19-20-22-24-26-28-30-32-34-36-43(46)52-41(40-51-53(47,48)50-38-37-44)39-49-42(45)35-33-31-29-27-25-23-21-18-16-14-12-10-8-6-4-2/h11-14,17-19,21,25,27,41H,3-10,15-16,20,22-24,26,28-40,44H2,1-2H3,(H,47,48). The highest BCUT2D eigenvalue weighted by atomic mass is 31.2. The first-order chi connectivity index (χ1) is 25.8. The van der Waals surface area contributed by atoms with E-state index in [1.165, 1.54) is 64.2 Å². The van der Waals surface area contributed by atoms with E-state index in [9.17, 15) is 19.0 Å². The Bertz CT molecular complexity index is 1050. The van der Waals surface area contributed by atoms with Crippen molar-refractivity contribution in [2.75, 3.05) is 26.4 Å². The Balaban J connectivity index is 4.27. The summed E-state index contributed by atoms with van der Waals surface area (Å²) in [5, 5.41) is 0. The van der Waals surface area contributed by atoms with Crippen LogP contribution in [0.5, 0.6) is 0 Å². The normalized spacial score (nSPS) is 14.0. The molecule has 0 heterocycles. The third-order valence-electron chi connectivity index (χ3n) is 8.38. The summed E-state index contributed by atoms with van der Waals surface area (Å²) < 4.78 is 32.7. The molecule has 0 aliphatic carbocycles. The lowest BCUT2D eigenvalue weighted by atomic mass is 10.1. The van der Waals surface area contributed by atoms with Crippen molar-refractivity contribution in [1.82, 2.24) is 0 Å². The zero-order chi connectivity index (χ0) is 38.9. The van der Waals surface area contributed by atoms with Gasteiger partial charge in [0.15, 0.2) is 6.10 Å². The first-order valence-electron chi connectivity index (χ1n) is 20.8. The van der Waals surface area contributed by atoms with E-state index in [4.69, 9.17) is 24.3 Å². The lowest BCUT2D eigenvalue weighted by Gasteiger charge is -2.19. The van der Waals surface area contributed by atoms with Crippen molar-refractivity contribution in [2.24, 2.45) is 5.73 Å². The molecule has 0 rings (SSSR count). The molecule has 0 radical (unpaired) electrons. The third-order valence-corrected chi connectivity index (χ3v) is 9.36. The van der Waals surface area contributed by atoms with Crippen LogP contribution in [0.3, 0.4) is 0 Å². The molecule has 306 valence electrons. The Morgan fingerprint density at radius 2 is 0.981 bits per heavy atom. The molecule has 2 atom stereocenters. The van der Waals surface area contributed by atoms with Crippen molar-refractivity contribution in [3.8, 4) is 0 Å². The van der Waals surface area contributed by atoms with Crippen LogP contribution in [-0.4, -0.2) is 49.3 Å². The Kier molecular flexibility index (Phi) is 37.7. The molecule has 53 heavy (non-hydrogen) atoms. The molecular formula is C43H76NO8P. The van der Waals surface area contributed by atoms with E-state index in [1.807, 2.05) is 0 Å². The molecule has 0 aromatic carbocycles. The molecule has 0 spiro atoms. The van der Waals surface area contributed by atoms with Gasteiger partial charge >= 0.3 is 19.8 Å². The van der Waals surface area contributed by atoms with Crippen LogP contribution in [0.4, 0.5) is 0 Å². The highest BCUT2D eigenvalue weighted by Crippen LogP contribution is 2.43. The zero-order valence-corrected chi connectivity index (χ0v) is 34.4. The Morgan fingerprint density at radius 3 is 1.49 bits per heavy atom. The van der Waals surface area contributed by atoms with Crippen LogP contribution < -0.4 is 5.73 Å². The molecule has 0 aromatic rings. The summed E-state index contributed by atoms with van der Waals surface area (Å²) in [6.07, 6.45) is 45.3. The van der Waals surface area contributed by atoms with Gasteiger partial charge in [0.1, 0.15) is 6.61 Å². The first kappa shape index (κ1) is 50.7. The number of carbonyl (C=O) groups is 2. The minimum atomic E-state index is -4.39. The second kappa shape index (κ2) is 39.4. The lowest BCUT2D eigenvalue weighted by molar-refractivity contribution is -0.161. The molecule has 0 bridgehead atoms. The fourth-order valence-corrected chi connectivity index (χ4v) is 6.02. The van der Waals surface area contributed by atoms with Gasteiger partial charge in [0.2, 0.25) is 0 Å². The highest BCUT2D eigenvalue weighted by Gasteiger charge is 2.25. The highest BCUT2D eigenvalue weighted by molar-refractivity contribution is 7.47. The molecule has 0 aliphatic heterocycles. The second-order valence-electron chi connectivity index (χ2n) is 13.5. The molecule has 0 aromatic heterocycles. The topological polar surface area (TPSA) is 134 Å². The van der Waals surface area contributed by atoms with Crippen LogP contribution >= 0.6 is 7.82 Å². The van der Waals surface area contributed by atoms with Crippen molar-refractivity contribution in [3.63, 3.8) is 0 Å². The summed E-state index contributed by atoms with van der Waals surface area (Å²) in [7, 11) is -4.39. The number of unbranched alkanes of at least 4 members (excludes halogenated alkanes) is 15. The van der Waals surface area contributed by atoms with Gasteiger partial charge < -0.3 is 20.1 Å². The monoisotopic (exact) mass is 766 g/mol. The van der Waals surface area contributed by atoms with Crippen molar-refractivity contribution in [1.29, 1.82) is 0 Å². The number of phosphoric ester groups is 1. The molecule has 0 fully saturated rings. The molecule has 0 aliphatic rings. The quantitative estimate of drug-likeness (QED) is 0.0272. The molecule has 3 N–H and O–H groups in total. The number of ether oxygens (including phenoxy) is 2. The minimum Gasteiger partial charge on any atom is -0.462 e. The van der Waals surface area contributed by atoms with Gasteiger partial charge in [-0.2, -0.15) is 0 Å².